The van der Waals surface area contributed by atoms with E-state index in [1.165, 1.54) is 0 Å². The van der Waals surface area contributed by atoms with Crippen LogP contribution in [-0.2, 0) is 15.6 Å². The lowest BCUT2D eigenvalue weighted by Gasteiger charge is -2.02. The van der Waals surface area contributed by atoms with Gasteiger partial charge in [0.2, 0.25) is 11.7 Å². The number of aryl methyl sites for hydroxylation is 1. The third-order valence-electron chi connectivity index (χ3n) is 3.59. The third kappa shape index (κ3) is 4.06. The Hall–Kier alpha value is -2.67. The van der Waals surface area contributed by atoms with Gasteiger partial charge >= 0.3 is 0 Å². The maximum absolute atomic E-state index is 12.4. The zero-order chi connectivity index (χ0) is 17.9. The first-order chi connectivity index (χ1) is 12.0. The van der Waals surface area contributed by atoms with E-state index in [1.807, 2.05) is 13.8 Å². The lowest BCUT2D eigenvalue weighted by atomic mass is 10.2. The second-order valence-corrected chi connectivity index (χ2v) is 7.53. The molecule has 0 saturated carbocycles. The first-order valence-corrected chi connectivity index (χ1v) is 9.48. The van der Waals surface area contributed by atoms with Crippen LogP contribution in [0.25, 0.3) is 11.4 Å². The minimum absolute atomic E-state index is 0.0597. The van der Waals surface area contributed by atoms with Gasteiger partial charge in [-0.05, 0) is 50.2 Å². The SMILES string of the molecule is CCOc1ccc(-c2noc(CS(=O)(=O)c3ccc(C)cc3)n2)cc1. The van der Waals surface area contributed by atoms with Gasteiger partial charge in [-0.1, -0.05) is 22.9 Å². The standard InChI is InChI=1S/C18H18N2O4S/c1-3-23-15-8-6-14(7-9-15)18-19-17(24-20-18)12-25(21,22)16-10-4-13(2)5-11-16/h4-11H,3,12H2,1-2H3. The number of nitrogens with zero attached hydrogens (tertiary/aromatic N) is 2. The van der Waals surface area contributed by atoms with Crippen molar-refractivity contribution in [3.8, 4) is 17.1 Å². The Morgan fingerprint density at radius 1 is 1.04 bits per heavy atom. The summed E-state index contributed by atoms with van der Waals surface area (Å²) in [5, 5.41) is 3.86. The minimum Gasteiger partial charge on any atom is -0.494 e. The largest absolute Gasteiger partial charge is 0.494 e. The summed E-state index contributed by atoms with van der Waals surface area (Å²) < 4.78 is 35.3. The molecule has 0 spiro atoms. The zero-order valence-electron chi connectivity index (χ0n) is 14.0. The van der Waals surface area contributed by atoms with E-state index in [-0.39, 0.29) is 16.5 Å². The van der Waals surface area contributed by atoms with E-state index < -0.39 is 9.84 Å². The van der Waals surface area contributed by atoms with Crippen molar-refractivity contribution >= 4 is 9.84 Å². The average Bonchev–Trinajstić information content (AvgIpc) is 3.04. The summed E-state index contributed by atoms with van der Waals surface area (Å²) in [5.41, 5.74) is 1.72. The van der Waals surface area contributed by atoms with Crippen molar-refractivity contribution in [2.75, 3.05) is 6.61 Å². The fourth-order valence-electron chi connectivity index (χ4n) is 2.29. The molecule has 0 saturated heterocycles. The molecular weight excluding hydrogens is 340 g/mol. The molecule has 25 heavy (non-hydrogen) atoms. The summed E-state index contributed by atoms with van der Waals surface area (Å²) in [6.45, 7) is 4.40. The Morgan fingerprint density at radius 2 is 1.72 bits per heavy atom. The van der Waals surface area contributed by atoms with Crippen LogP contribution in [0.1, 0.15) is 18.4 Å². The smallest absolute Gasteiger partial charge is 0.242 e. The lowest BCUT2D eigenvalue weighted by Crippen LogP contribution is -2.05. The van der Waals surface area contributed by atoms with Crippen LogP contribution >= 0.6 is 0 Å². The minimum atomic E-state index is -3.53. The molecule has 130 valence electrons. The van der Waals surface area contributed by atoms with Gasteiger partial charge in [-0.2, -0.15) is 4.98 Å². The van der Waals surface area contributed by atoms with Gasteiger partial charge in [0, 0.05) is 5.56 Å². The highest BCUT2D eigenvalue weighted by molar-refractivity contribution is 7.90. The Labute approximate surface area is 146 Å². The van der Waals surface area contributed by atoms with Crippen molar-refractivity contribution in [1.82, 2.24) is 10.1 Å². The van der Waals surface area contributed by atoms with E-state index in [0.717, 1.165) is 16.9 Å². The van der Waals surface area contributed by atoms with Crippen molar-refractivity contribution < 1.29 is 17.7 Å². The summed E-state index contributed by atoms with van der Waals surface area (Å²) >= 11 is 0. The van der Waals surface area contributed by atoms with E-state index in [4.69, 9.17) is 9.26 Å². The molecule has 0 atom stereocenters. The van der Waals surface area contributed by atoms with Gasteiger partial charge in [-0.25, -0.2) is 8.42 Å². The van der Waals surface area contributed by atoms with Gasteiger partial charge in [0.25, 0.3) is 0 Å². The molecule has 7 heteroatoms. The van der Waals surface area contributed by atoms with E-state index in [2.05, 4.69) is 10.1 Å². The molecule has 3 rings (SSSR count). The van der Waals surface area contributed by atoms with Crippen LogP contribution in [0, 0.1) is 6.92 Å². The number of hydrogen-bond acceptors (Lipinski definition) is 6. The summed E-state index contributed by atoms with van der Waals surface area (Å²) in [4.78, 5) is 4.42. The molecule has 0 unspecified atom stereocenters. The predicted molar refractivity (Wildman–Crippen MR) is 93.0 cm³/mol. The quantitative estimate of drug-likeness (QED) is 0.671. The van der Waals surface area contributed by atoms with Crippen LogP contribution in [-0.4, -0.2) is 25.2 Å². The molecule has 0 N–H and O–H groups in total. The van der Waals surface area contributed by atoms with Crippen LogP contribution < -0.4 is 4.74 Å². The summed E-state index contributed by atoms with van der Waals surface area (Å²) in [6.07, 6.45) is 0. The van der Waals surface area contributed by atoms with E-state index in [9.17, 15) is 8.42 Å². The Morgan fingerprint density at radius 3 is 2.36 bits per heavy atom. The van der Waals surface area contributed by atoms with Crippen molar-refractivity contribution in [1.29, 1.82) is 0 Å². The predicted octanol–water partition coefficient (Wildman–Crippen LogP) is 3.42. The van der Waals surface area contributed by atoms with Crippen molar-refractivity contribution in [3.63, 3.8) is 0 Å². The lowest BCUT2D eigenvalue weighted by molar-refractivity contribution is 0.340. The average molecular weight is 358 g/mol. The Bertz CT molecular complexity index is 946. The van der Waals surface area contributed by atoms with Crippen molar-refractivity contribution in [3.05, 3.63) is 60.0 Å². The summed E-state index contributed by atoms with van der Waals surface area (Å²) in [5.74, 6) is 0.818. The molecule has 3 aromatic rings. The van der Waals surface area contributed by atoms with Gasteiger partial charge in [-0.15, -0.1) is 0 Å². The van der Waals surface area contributed by atoms with E-state index in [1.54, 1.807) is 48.5 Å². The number of ether oxygens (including phenoxy) is 1. The number of hydrogen-bond donors (Lipinski definition) is 0. The molecule has 6 nitrogen and oxygen atoms in total. The summed E-state index contributed by atoms with van der Waals surface area (Å²) in [6, 6.07) is 13.9. The van der Waals surface area contributed by atoms with Crippen LogP contribution in [0.2, 0.25) is 0 Å². The van der Waals surface area contributed by atoms with Crippen LogP contribution in [0.5, 0.6) is 5.75 Å². The molecule has 0 radical (unpaired) electrons. The Balaban J connectivity index is 1.78. The van der Waals surface area contributed by atoms with Crippen LogP contribution in [0.15, 0.2) is 57.9 Å². The van der Waals surface area contributed by atoms with Crippen molar-refractivity contribution in [2.24, 2.45) is 0 Å². The second-order valence-electron chi connectivity index (χ2n) is 5.54. The van der Waals surface area contributed by atoms with Crippen LogP contribution in [0.4, 0.5) is 0 Å². The van der Waals surface area contributed by atoms with Gasteiger partial charge in [-0.3, -0.25) is 0 Å². The Kier molecular flexibility index (Phi) is 4.85. The van der Waals surface area contributed by atoms with E-state index in [0.29, 0.717) is 12.4 Å². The fourth-order valence-corrected chi connectivity index (χ4v) is 3.45. The first-order valence-electron chi connectivity index (χ1n) is 7.83. The zero-order valence-corrected chi connectivity index (χ0v) is 14.8. The summed E-state index contributed by atoms with van der Waals surface area (Å²) in [7, 11) is -3.53. The maximum Gasteiger partial charge on any atom is 0.242 e. The highest BCUT2D eigenvalue weighted by Crippen LogP contribution is 2.22. The molecule has 1 aromatic heterocycles. The molecule has 1 heterocycles. The topological polar surface area (TPSA) is 82.3 Å². The number of sulfone groups is 1. The van der Waals surface area contributed by atoms with Gasteiger partial charge in [0.1, 0.15) is 11.5 Å². The molecule has 0 aliphatic heterocycles. The molecule has 2 aromatic carbocycles. The number of aromatic nitrogens is 2. The number of rotatable bonds is 6. The second kappa shape index (κ2) is 7.06. The van der Waals surface area contributed by atoms with Gasteiger partial charge in [0.05, 0.1) is 11.5 Å². The highest BCUT2D eigenvalue weighted by atomic mass is 32.2. The van der Waals surface area contributed by atoms with E-state index >= 15 is 0 Å². The highest BCUT2D eigenvalue weighted by Gasteiger charge is 2.20. The van der Waals surface area contributed by atoms with Crippen molar-refractivity contribution in [2.45, 2.75) is 24.5 Å². The van der Waals surface area contributed by atoms with Crippen LogP contribution in [0.3, 0.4) is 0 Å². The molecular formula is C18H18N2O4S. The molecule has 0 aliphatic rings. The molecule has 0 amide bonds. The fraction of sp³-hybridized carbons (Fsp3) is 0.222. The number of benzene rings is 2. The first kappa shape index (κ1) is 17.2. The monoisotopic (exact) mass is 358 g/mol. The molecule has 0 aliphatic carbocycles. The molecule has 0 fully saturated rings. The maximum atomic E-state index is 12.4. The van der Waals surface area contributed by atoms with Gasteiger partial charge < -0.3 is 9.26 Å². The van der Waals surface area contributed by atoms with Gasteiger partial charge in [0.15, 0.2) is 9.84 Å². The third-order valence-corrected chi connectivity index (χ3v) is 5.20. The molecule has 0 bridgehead atoms. The normalized spacial score (nSPS) is 11.4.